The van der Waals surface area contributed by atoms with Crippen molar-refractivity contribution in [3.05, 3.63) is 48.0 Å². The van der Waals surface area contributed by atoms with E-state index in [0.717, 1.165) is 45.1 Å². The molecule has 3 rings (SSSR count). The third-order valence-electron chi connectivity index (χ3n) is 5.75. The molecule has 1 aliphatic heterocycles. The maximum absolute atomic E-state index is 5.57. The number of benzene rings is 2. The summed E-state index contributed by atoms with van der Waals surface area (Å²) in [5, 5.41) is 6.15. The number of likely N-dealkylation sites (N-methyl/N-ethyl adjacent to an activating group) is 1. The van der Waals surface area contributed by atoms with E-state index < -0.39 is 0 Å². The zero-order valence-electron chi connectivity index (χ0n) is 17.4. The third-order valence-corrected chi connectivity index (χ3v) is 5.75. The van der Waals surface area contributed by atoms with Gasteiger partial charge in [-0.15, -0.1) is 24.0 Å². The van der Waals surface area contributed by atoms with E-state index >= 15 is 0 Å². The second-order valence-electron chi connectivity index (χ2n) is 7.67. The van der Waals surface area contributed by atoms with Crippen molar-refractivity contribution in [2.75, 3.05) is 47.9 Å². The van der Waals surface area contributed by atoms with Crippen LogP contribution in [0.5, 0.6) is 0 Å². The number of halogens is 1. The Kier molecular flexibility index (Phi) is 8.52. The quantitative estimate of drug-likeness (QED) is 0.391. The van der Waals surface area contributed by atoms with Crippen molar-refractivity contribution >= 4 is 40.7 Å². The molecule has 0 aliphatic carbocycles. The van der Waals surface area contributed by atoms with Crippen LogP contribution in [0.4, 0.5) is 0 Å². The summed E-state index contributed by atoms with van der Waals surface area (Å²) in [6.07, 6.45) is 2.08. The smallest absolute Gasteiger partial charge is 0.193 e. The summed E-state index contributed by atoms with van der Waals surface area (Å²) in [5.41, 5.74) is 1.41. The summed E-state index contributed by atoms with van der Waals surface area (Å²) >= 11 is 0. The zero-order valence-corrected chi connectivity index (χ0v) is 19.8. The first-order valence-electron chi connectivity index (χ1n) is 9.69. The Morgan fingerprint density at radius 1 is 1.07 bits per heavy atom. The Morgan fingerprint density at radius 3 is 2.39 bits per heavy atom. The second kappa shape index (κ2) is 10.4. The van der Waals surface area contributed by atoms with Crippen LogP contribution in [0.3, 0.4) is 0 Å². The van der Waals surface area contributed by atoms with Crippen LogP contribution in [0, 0.1) is 0 Å². The minimum Gasteiger partial charge on any atom is -0.381 e. The number of nitrogens with one attached hydrogen (secondary N) is 1. The molecule has 1 N–H and O–H groups in total. The molecule has 0 saturated carbocycles. The molecule has 2 aromatic carbocycles. The van der Waals surface area contributed by atoms with Crippen LogP contribution in [-0.2, 0) is 11.3 Å². The number of rotatable bonds is 5. The van der Waals surface area contributed by atoms with E-state index in [0.29, 0.717) is 0 Å². The number of hydrogen-bond donors (Lipinski definition) is 1. The van der Waals surface area contributed by atoms with Gasteiger partial charge in [0.1, 0.15) is 0 Å². The normalized spacial score (nSPS) is 16.7. The Labute approximate surface area is 186 Å². The van der Waals surface area contributed by atoms with Gasteiger partial charge in [0.2, 0.25) is 0 Å². The number of aliphatic imine (C=N–C) groups is 1. The van der Waals surface area contributed by atoms with Gasteiger partial charge in [0.25, 0.3) is 0 Å². The van der Waals surface area contributed by atoms with Gasteiger partial charge in [-0.3, -0.25) is 4.99 Å². The first-order chi connectivity index (χ1) is 13.0. The molecule has 0 spiro atoms. The SMILES string of the molecule is CN=C(NCC1(N(C)C)CCOCC1)N(C)Cc1ccc2ccccc2c1.I. The van der Waals surface area contributed by atoms with Crippen molar-refractivity contribution < 1.29 is 4.74 Å². The van der Waals surface area contributed by atoms with Crippen LogP contribution in [0.2, 0.25) is 0 Å². The van der Waals surface area contributed by atoms with E-state index in [-0.39, 0.29) is 29.5 Å². The number of nitrogens with zero attached hydrogens (tertiary/aromatic N) is 3. The van der Waals surface area contributed by atoms with Crippen LogP contribution < -0.4 is 5.32 Å². The maximum atomic E-state index is 5.57. The van der Waals surface area contributed by atoms with Gasteiger partial charge >= 0.3 is 0 Å². The zero-order chi connectivity index (χ0) is 19.3. The molecule has 2 aromatic rings. The summed E-state index contributed by atoms with van der Waals surface area (Å²) in [5.74, 6) is 0.927. The average Bonchev–Trinajstić information content (AvgIpc) is 2.69. The lowest BCUT2D eigenvalue weighted by Gasteiger charge is -2.43. The van der Waals surface area contributed by atoms with E-state index in [1.165, 1.54) is 16.3 Å². The first kappa shape index (κ1) is 22.9. The molecule has 0 bridgehead atoms. The number of fused-ring (bicyclic) bond motifs is 1. The van der Waals surface area contributed by atoms with Crippen LogP contribution in [0.1, 0.15) is 18.4 Å². The van der Waals surface area contributed by atoms with Crippen molar-refractivity contribution in [1.82, 2.24) is 15.1 Å². The molecule has 1 saturated heterocycles. The average molecular weight is 496 g/mol. The molecule has 0 amide bonds. The van der Waals surface area contributed by atoms with E-state index in [1.807, 2.05) is 7.05 Å². The van der Waals surface area contributed by atoms with Crippen molar-refractivity contribution in [3.8, 4) is 0 Å². The van der Waals surface area contributed by atoms with Crippen molar-refractivity contribution in [2.45, 2.75) is 24.9 Å². The number of hydrogen-bond acceptors (Lipinski definition) is 3. The Hall–Kier alpha value is -1.38. The van der Waals surface area contributed by atoms with E-state index in [2.05, 4.69) is 83.7 Å². The van der Waals surface area contributed by atoms with Crippen molar-refractivity contribution in [1.29, 1.82) is 0 Å². The Bertz CT molecular complexity index is 787. The van der Waals surface area contributed by atoms with Crippen LogP contribution in [-0.4, -0.2) is 69.2 Å². The summed E-state index contributed by atoms with van der Waals surface area (Å²) < 4.78 is 5.57. The molecule has 0 atom stereocenters. The number of guanidine groups is 1. The minimum absolute atomic E-state index is 0. The van der Waals surface area contributed by atoms with Gasteiger partial charge in [0.15, 0.2) is 5.96 Å². The molecule has 1 heterocycles. The van der Waals surface area contributed by atoms with Gasteiger partial charge in [-0.25, -0.2) is 0 Å². The van der Waals surface area contributed by atoms with E-state index in [4.69, 9.17) is 4.74 Å². The molecule has 1 fully saturated rings. The van der Waals surface area contributed by atoms with E-state index in [9.17, 15) is 0 Å². The monoisotopic (exact) mass is 496 g/mol. The maximum Gasteiger partial charge on any atom is 0.193 e. The molecule has 6 heteroatoms. The molecule has 154 valence electrons. The summed E-state index contributed by atoms with van der Waals surface area (Å²) in [7, 11) is 8.27. The molecule has 0 unspecified atom stereocenters. The molecule has 0 aromatic heterocycles. The van der Waals surface area contributed by atoms with Gasteiger partial charge in [-0.05, 0) is 49.3 Å². The summed E-state index contributed by atoms with van der Waals surface area (Å²) in [6, 6.07) is 15.1. The molecular formula is C22H33IN4O. The fraction of sp³-hybridized carbons (Fsp3) is 0.500. The van der Waals surface area contributed by atoms with E-state index in [1.54, 1.807) is 0 Å². The third kappa shape index (κ3) is 5.36. The van der Waals surface area contributed by atoms with Gasteiger partial charge in [0.05, 0.1) is 0 Å². The molecular weight excluding hydrogens is 463 g/mol. The highest BCUT2D eigenvalue weighted by Crippen LogP contribution is 2.25. The molecule has 0 radical (unpaired) electrons. The fourth-order valence-corrected chi connectivity index (χ4v) is 3.85. The molecule has 28 heavy (non-hydrogen) atoms. The molecule has 5 nitrogen and oxygen atoms in total. The Morgan fingerprint density at radius 2 is 1.75 bits per heavy atom. The van der Waals surface area contributed by atoms with Gasteiger partial charge < -0.3 is 19.9 Å². The fourth-order valence-electron chi connectivity index (χ4n) is 3.85. The Balaban J connectivity index is 0.00000280. The van der Waals surface area contributed by atoms with Gasteiger partial charge in [0, 0.05) is 45.9 Å². The predicted octanol–water partition coefficient (Wildman–Crippen LogP) is 3.58. The first-order valence-corrected chi connectivity index (χ1v) is 9.69. The summed E-state index contributed by atoms with van der Waals surface area (Å²) in [6.45, 7) is 3.34. The summed E-state index contributed by atoms with van der Waals surface area (Å²) in [4.78, 5) is 9.02. The van der Waals surface area contributed by atoms with Crippen molar-refractivity contribution in [3.63, 3.8) is 0 Å². The largest absolute Gasteiger partial charge is 0.381 e. The van der Waals surface area contributed by atoms with Crippen molar-refractivity contribution in [2.24, 2.45) is 4.99 Å². The molecule has 1 aliphatic rings. The highest BCUT2D eigenvalue weighted by atomic mass is 127. The highest BCUT2D eigenvalue weighted by Gasteiger charge is 2.35. The number of ether oxygens (including phenoxy) is 1. The van der Waals surface area contributed by atoms with Crippen LogP contribution in [0.25, 0.3) is 10.8 Å². The highest BCUT2D eigenvalue weighted by molar-refractivity contribution is 14.0. The lowest BCUT2D eigenvalue weighted by Crippen LogP contribution is -2.57. The van der Waals surface area contributed by atoms with Gasteiger partial charge in [-0.1, -0.05) is 36.4 Å². The van der Waals surface area contributed by atoms with Gasteiger partial charge in [-0.2, -0.15) is 0 Å². The minimum atomic E-state index is 0. The topological polar surface area (TPSA) is 40.1 Å². The van der Waals surface area contributed by atoms with Crippen LogP contribution >= 0.6 is 24.0 Å². The van der Waals surface area contributed by atoms with Crippen LogP contribution in [0.15, 0.2) is 47.5 Å². The standard InChI is InChI=1S/C22H32N4O.HI/c1-23-21(24-17-22(25(2)3)11-13-27-14-12-22)26(4)16-18-9-10-19-7-5-6-8-20(19)15-18;/h5-10,15H,11-14,16-17H2,1-4H3,(H,23,24);1H. The lowest BCUT2D eigenvalue weighted by molar-refractivity contribution is -0.00522. The predicted molar refractivity (Wildman–Crippen MR) is 129 cm³/mol. The lowest BCUT2D eigenvalue weighted by atomic mass is 9.88. The second-order valence-corrected chi connectivity index (χ2v) is 7.67.